The Kier molecular flexibility index (Phi) is 5.17. The van der Waals surface area contributed by atoms with Crippen molar-refractivity contribution < 1.29 is 13.9 Å². The lowest BCUT2D eigenvalue weighted by Gasteiger charge is -2.08. The number of rotatable bonds is 5. The zero-order chi connectivity index (χ0) is 21.1. The van der Waals surface area contributed by atoms with Gasteiger partial charge in [0.05, 0.1) is 12.5 Å². The molecule has 7 heteroatoms. The zero-order valence-corrected chi connectivity index (χ0v) is 16.1. The fraction of sp³-hybridized carbons (Fsp3) is 0.0870. The minimum atomic E-state index is -0.781. The molecule has 1 aromatic heterocycles. The summed E-state index contributed by atoms with van der Waals surface area (Å²) in [7, 11) is 1.58. The minimum Gasteiger partial charge on any atom is -0.497 e. The molecule has 1 amide bonds. The van der Waals surface area contributed by atoms with E-state index in [1.165, 1.54) is 0 Å². The van der Waals surface area contributed by atoms with Gasteiger partial charge in [-0.15, -0.1) is 0 Å². The third-order valence-corrected chi connectivity index (χ3v) is 4.72. The molecule has 3 aromatic carbocycles. The predicted octanol–water partition coefficient (Wildman–Crippen LogP) is 3.33. The number of hydrogen-bond donors (Lipinski definition) is 2. The summed E-state index contributed by atoms with van der Waals surface area (Å²) in [5.74, 6) is -0.295. The topological polar surface area (TPSA) is 101 Å². The number of fused-ring (bicyclic) bond motifs is 1. The first kappa shape index (κ1) is 19.2. The van der Waals surface area contributed by atoms with Crippen LogP contribution in [-0.4, -0.2) is 18.0 Å². The van der Waals surface area contributed by atoms with E-state index in [0.29, 0.717) is 28.8 Å². The monoisotopic (exact) mass is 402 g/mol. The van der Waals surface area contributed by atoms with E-state index in [4.69, 9.17) is 9.15 Å². The second-order valence-electron chi connectivity index (χ2n) is 6.69. The first-order valence-electron chi connectivity index (χ1n) is 9.23. The van der Waals surface area contributed by atoms with Gasteiger partial charge in [-0.25, -0.2) is 4.79 Å². The fourth-order valence-electron chi connectivity index (χ4n) is 3.22. The summed E-state index contributed by atoms with van der Waals surface area (Å²) in [6, 6.07) is 19.3. The van der Waals surface area contributed by atoms with Crippen LogP contribution in [-0.2, 0) is 6.42 Å². The Morgan fingerprint density at radius 3 is 2.43 bits per heavy atom. The van der Waals surface area contributed by atoms with Gasteiger partial charge in [-0.3, -0.25) is 14.6 Å². The van der Waals surface area contributed by atoms with Crippen molar-refractivity contribution in [3.05, 3.63) is 104 Å². The zero-order valence-electron chi connectivity index (χ0n) is 16.1. The van der Waals surface area contributed by atoms with Gasteiger partial charge in [0.15, 0.2) is 0 Å². The van der Waals surface area contributed by atoms with Crippen LogP contribution in [0, 0.1) is 0 Å². The Morgan fingerprint density at radius 1 is 1.00 bits per heavy atom. The Morgan fingerprint density at radius 2 is 1.73 bits per heavy atom. The summed E-state index contributed by atoms with van der Waals surface area (Å²) in [5.41, 5.74) is 2.59. The van der Waals surface area contributed by atoms with Crippen molar-refractivity contribution >= 4 is 22.6 Å². The van der Waals surface area contributed by atoms with Gasteiger partial charge in [0, 0.05) is 11.3 Å². The molecule has 7 nitrogen and oxygen atoms in total. The molecule has 0 aliphatic carbocycles. The Hall–Kier alpha value is -4.13. The van der Waals surface area contributed by atoms with E-state index < -0.39 is 11.3 Å². The summed E-state index contributed by atoms with van der Waals surface area (Å²) in [6.07, 6.45) is 0.453. The van der Waals surface area contributed by atoms with Crippen LogP contribution in [0.5, 0.6) is 5.75 Å². The quantitative estimate of drug-likeness (QED) is 0.533. The number of H-pyrrole nitrogens is 1. The van der Waals surface area contributed by atoms with Crippen molar-refractivity contribution in [3.63, 3.8) is 0 Å². The van der Waals surface area contributed by atoms with E-state index in [1.807, 2.05) is 18.2 Å². The number of benzene rings is 3. The van der Waals surface area contributed by atoms with Crippen LogP contribution in [0.3, 0.4) is 0 Å². The molecule has 0 aliphatic rings. The highest BCUT2D eigenvalue weighted by Crippen LogP contribution is 2.19. The van der Waals surface area contributed by atoms with Gasteiger partial charge >= 0.3 is 5.76 Å². The number of aromatic nitrogens is 1. The number of methoxy groups -OCH3 is 1. The lowest BCUT2D eigenvalue weighted by atomic mass is 10.0. The summed E-state index contributed by atoms with van der Waals surface area (Å²) < 4.78 is 10.2. The first-order chi connectivity index (χ1) is 14.5. The lowest BCUT2D eigenvalue weighted by molar-refractivity contribution is 0.102. The molecule has 0 saturated heterocycles. The van der Waals surface area contributed by atoms with Crippen LogP contribution >= 0.6 is 0 Å². The van der Waals surface area contributed by atoms with Crippen LogP contribution < -0.4 is 21.4 Å². The normalized spacial score (nSPS) is 10.7. The highest BCUT2D eigenvalue weighted by atomic mass is 16.5. The van der Waals surface area contributed by atoms with Gasteiger partial charge in [-0.1, -0.05) is 24.3 Å². The summed E-state index contributed by atoms with van der Waals surface area (Å²) in [4.78, 5) is 38.2. The van der Waals surface area contributed by atoms with Gasteiger partial charge in [-0.2, -0.15) is 0 Å². The standard InChI is InChI=1S/C23H18N2O5/c1-29-18-11-9-17(10-12-18)24-21(26)15-7-5-14(6-8-15)13-16-3-2-4-19-20(16)22(27)25-23(28)30-19/h2-12H,13H2,1H3,(H,24,26)(H,25,27,28). The maximum Gasteiger partial charge on any atom is 0.419 e. The van der Waals surface area contributed by atoms with Crippen molar-refractivity contribution in [3.8, 4) is 5.75 Å². The van der Waals surface area contributed by atoms with Crippen molar-refractivity contribution in [2.24, 2.45) is 0 Å². The summed E-state index contributed by atoms with van der Waals surface area (Å²) in [5, 5.41) is 3.18. The van der Waals surface area contributed by atoms with Crippen LogP contribution in [0.4, 0.5) is 5.69 Å². The largest absolute Gasteiger partial charge is 0.497 e. The summed E-state index contributed by atoms with van der Waals surface area (Å²) >= 11 is 0. The van der Waals surface area contributed by atoms with Crippen LogP contribution in [0.15, 0.2) is 80.7 Å². The van der Waals surface area contributed by atoms with Gasteiger partial charge < -0.3 is 14.5 Å². The third-order valence-electron chi connectivity index (χ3n) is 4.72. The molecule has 0 bridgehead atoms. The number of carbonyl (C=O) groups is 1. The first-order valence-corrected chi connectivity index (χ1v) is 9.23. The molecule has 2 N–H and O–H groups in total. The molecule has 150 valence electrons. The smallest absolute Gasteiger partial charge is 0.419 e. The Bertz CT molecular complexity index is 1320. The van der Waals surface area contributed by atoms with Gasteiger partial charge in [-0.05, 0) is 60.0 Å². The van der Waals surface area contributed by atoms with Crippen LogP contribution in [0.25, 0.3) is 11.0 Å². The SMILES string of the molecule is COc1ccc(NC(=O)c2ccc(Cc3cccc4oc(=O)[nH]c(=O)c34)cc2)cc1. The van der Waals surface area contributed by atoms with E-state index in [1.54, 1.807) is 55.6 Å². The van der Waals surface area contributed by atoms with Crippen LogP contribution in [0.1, 0.15) is 21.5 Å². The van der Waals surface area contributed by atoms with Crippen molar-refractivity contribution in [1.82, 2.24) is 4.98 Å². The van der Waals surface area contributed by atoms with Crippen molar-refractivity contribution in [2.75, 3.05) is 12.4 Å². The molecule has 0 unspecified atom stereocenters. The molecule has 0 aliphatic heterocycles. The number of anilines is 1. The van der Waals surface area contributed by atoms with Crippen LogP contribution in [0.2, 0.25) is 0 Å². The lowest BCUT2D eigenvalue weighted by Crippen LogP contribution is -2.19. The predicted molar refractivity (Wildman–Crippen MR) is 113 cm³/mol. The second kappa shape index (κ2) is 8.08. The average molecular weight is 402 g/mol. The van der Waals surface area contributed by atoms with E-state index in [-0.39, 0.29) is 11.5 Å². The van der Waals surface area contributed by atoms with Gasteiger partial charge in [0.2, 0.25) is 0 Å². The molecule has 0 saturated carbocycles. The molecule has 4 aromatic rings. The molecule has 30 heavy (non-hydrogen) atoms. The van der Waals surface area contributed by atoms with E-state index in [9.17, 15) is 14.4 Å². The number of hydrogen-bond acceptors (Lipinski definition) is 5. The Labute approximate surface area is 170 Å². The molecule has 0 spiro atoms. The van der Waals surface area contributed by atoms with E-state index >= 15 is 0 Å². The number of amides is 1. The van der Waals surface area contributed by atoms with Crippen molar-refractivity contribution in [2.45, 2.75) is 6.42 Å². The summed E-state index contributed by atoms with van der Waals surface area (Å²) in [6.45, 7) is 0. The molecular formula is C23H18N2O5. The molecular weight excluding hydrogens is 384 g/mol. The maximum atomic E-state index is 12.5. The van der Waals surface area contributed by atoms with E-state index in [0.717, 1.165) is 11.1 Å². The highest BCUT2D eigenvalue weighted by molar-refractivity contribution is 6.04. The second-order valence-corrected chi connectivity index (χ2v) is 6.69. The number of nitrogens with one attached hydrogen (secondary N) is 2. The van der Waals surface area contributed by atoms with Gasteiger partial charge in [0.1, 0.15) is 11.3 Å². The third kappa shape index (κ3) is 4.00. The van der Waals surface area contributed by atoms with Gasteiger partial charge in [0.25, 0.3) is 11.5 Å². The minimum absolute atomic E-state index is 0.227. The maximum absolute atomic E-state index is 12.5. The fourth-order valence-corrected chi connectivity index (χ4v) is 3.22. The number of carbonyl (C=O) groups excluding carboxylic acids is 1. The molecule has 0 radical (unpaired) electrons. The molecule has 0 fully saturated rings. The molecule has 1 heterocycles. The average Bonchev–Trinajstić information content (AvgIpc) is 2.74. The van der Waals surface area contributed by atoms with Crippen molar-refractivity contribution in [1.29, 1.82) is 0 Å². The van der Waals surface area contributed by atoms with E-state index in [2.05, 4.69) is 10.3 Å². The number of aromatic amines is 1. The highest BCUT2D eigenvalue weighted by Gasteiger charge is 2.10. The molecule has 4 rings (SSSR count). The number of ether oxygens (including phenoxy) is 1. The Balaban J connectivity index is 1.53. The molecule has 0 atom stereocenters.